The van der Waals surface area contributed by atoms with Crippen molar-refractivity contribution in [2.75, 3.05) is 31.3 Å². The summed E-state index contributed by atoms with van der Waals surface area (Å²) >= 11 is 0.979. The van der Waals surface area contributed by atoms with Gasteiger partial charge in [-0.25, -0.2) is 4.98 Å². The van der Waals surface area contributed by atoms with Crippen LogP contribution in [0.15, 0.2) is 0 Å². The summed E-state index contributed by atoms with van der Waals surface area (Å²) in [4.78, 5) is 18.6. The van der Waals surface area contributed by atoms with Crippen LogP contribution in [0.1, 0.15) is 23.5 Å². The molecule has 5 nitrogen and oxygen atoms in total. The van der Waals surface area contributed by atoms with Gasteiger partial charge in [-0.2, -0.15) is 13.2 Å². The van der Waals surface area contributed by atoms with Crippen LogP contribution in [-0.4, -0.2) is 48.6 Å². The van der Waals surface area contributed by atoms with Gasteiger partial charge in [-0.15, -0.1) is 0 Å². The van der Waals surface area contributed by atoms with Gasteiger partial charge in [0, 0.05) is 20.1 Å². The highest BCUT2D eigenvalue weighted by Gasteiger charge is 2.36. The van der Waals surface area contributed by atoms with Gasteiger partial charge in [0.25, 0.3) is 5.91 Å². The molecular formula is C11H17F3N4OS. The third-order valence-electron chi connectivity index (χ3n) is 2.45. The molecule has 1 aromatic heterocycles. The highest BCUT2D eigenvalue weighted by molar-refractivity contribution is 7.18. The predicted octanol–water partition coefficient (Wildman–Crippen LogP) is 2.20. The number of rotatable bonds is 4. The summed E-state index contributed by atoms with van der Waals surface area (Å²) < 4.78 is 37.6. The van der Waals surface area contributed by atoms with E-state index in [1.807, 2.05) is 0 Å². The van der Waals surface area contributed by atoms with Crippen molar-refractivity contribution in [1.29, 1.82) is 0 Å². The minimum atomic E-state index is -4.45. The number of amides is 1. The van der Waals surface area contributed by atoms with Gasteiger partial charge in [-0.05, 0) is 13.8 Å². The van der Waals surface area contributed by atoms with Crippen LogP contribution in [0.5, 0.6) is 0 Å². The summed E-state index contributed by atoms with van der Waals surface area (Å²) in [5.41, 5.74) is 5.63. The van der Waals surface area contributed by atoms with Crippen molar-refractivity contribution in [3.63, 3.8) is 0 Å². The van der Waals surface area contributed by atoms with E-state index in [9.17, 15) is 18.0 Å². The number of carbonyl (C=O) groups excluding carboxylic acids is 1. The van der Waals surface area contributed by atoms with E-state index >= 15 is 0 Å². The van der Waals surface area contributed by atoms with E-state index in [4.69, 9.17) is 5.73 Å². The van der Waals surface area contributed by atoms with E-state index in [0.29, 0.717) is 5.13 Å². The monoisotopic (exact) mass is 310 g/mol. The van der Waals surface area contributed by atoms with Gasteiger partial charge < -0.3 is 15.5 Å². The fraction of sp³-hybridized carbons (Fsp3) is 0.636. The fourth-order valence-electron chi connectivity index (χ4n) is 1.48. The molecule has 1 heterocycles. The Kier molecular flexibility index (Phi) is 4.85. The Bertz CT molecular complexity index is 485. The number of hydrogen-bond acceptors (Lipinski definition) is 5. The highest BCUT2D eigenvalue weighted by atomic mass is 32.1. The van der Waals surface area contributed by atoms with Crippen LogP contribution in [0.4, 0.5) is 24.1 Å². The molecule has 0 aliphatic heterocycles. The van der Waals surface area contributed by atoms with Gasteiger partial charge in [0.2, 0.25) is 0 Å². The van der Waals surface area contributed by atoms with Gasteiger partial charge in [0.05, 0.1) is 0 Å². The molecule has 1 aromatic rings. The van der Waals surface area contributed by atoms with Crippen LogP contribution < -0.4 is 10.6 Å². The van der Waals surface area contributed by atoms with Crippen molar-refractivity contribution in [1.82, 2.24) is 9.88 Å². The number of hydrogen-bond donors (Lipinski definition) is 1. The van der Waals surface area contributed by atoms with E-state index in [-0.39, 0.29) is 10.7 Å². The predicted molar refractivity (Wildman–Crippen MR) is 73.1 cm³/mol. The normalized spacial score (nSPS) is 11.8. The van der Waals surface area contributed by atoms with E-state index in [1.165, 1.54) is 13.8 Å². The summed E-state index contributed by atoms with van der Waals surface area (Å²) in [6.45, 7) is 1.74. The second-order valence-corrected chi connectivity index (χ2v) is 5.72. The number of alkyl halides is 3. The molecule has 20 heavy (non-hydrogen) atoms. The Morgan fingerprint density at radius 2 is 1.95 bits per heavy atom. The van der Waals surface area contributed by atoms with Crippen molar-refractivity contribution in [2.45, 2.75) is 26.1 Å². The molecule has 0 fully saturated rings. The zero-order valence-electron chi connectivity index (χ0n) is 11.7. The quantitative estimate of drug-likeness (QED) is 0.926. The number of nitrogens with two attached hydrogens (primary N) is 1. The molecule has 0 bridgehead atoms. The van der Waals surface area contributed by atoms with Gasteiger partial charge in [-0.1, -0.05) is 11.3 Å². The average molecular weight is 310 g/mol. The van der Waals surface area contributed by atoms with Crippen LogP contribution in [0.3, 0.4) is 0 Å². The molecule has 0 aliphatic carbocycles. The number of anilines is 2. The Balaban J connectivity index is 3.07. The van der Waals surface area contributed by atoms with Crippen molar-refractivity contribution in [3.05, 3.63) is 4.88 Å². The minimum absolute atomic E-state index is 0.0339. The molecule has 0 atom stereocenters. The van der Waals surface area contributed by atoms with Gasteiger partial charge in [0.15, 0.2) is 5.13 Å². The molecule has 1 rings (SSSR count). The lowest BCUT2D eigenvalue weighted by atomic mass is 10.3. The zero-order valence-corrected chi connectivity index (χ0v) is 12.5. The second kappa shape index (κ2) is 5.86. The summed E-state index contributed by atoms with van der Waals surface area (Å²) in [6.07, 6.45) is -4.45. The Hall–Kier alpha value is -1.51. The van der Waals surface area contributed by atoms with Crippen LogP contribution in [0.25, 0.3) is 0 Å². The third-order valence-corrected chi connectivity index (χ3v) is 3.68. The first-order valence-corrected chi connectivity index (χ1v) is 6.66. The maximum Gasteiger partial charge on any atom is 0.406 e. The molecule has 0 aromatic carbocycles. The Labute approximate surface area is 119 Å². The fourth-order valence-corrected chi connectivity index (χ4v) is 2.34. The topological polar surface area (TPSA) is 62.5 Å². The average Bonchev–Trinajstić information content (AvgIpc) is 2.66. The van der Waals surface area contributed by atoms with Crippen molar-refractivity contribution < 1.29 is 18.0 Å². The molecule has 1 amide bonds. The number of thiazole rings is 1. The number of nitrogens with zero attached hydrogens (tertiary/aromatic N) is 3. The summed E-state index contributed by atoms with van der Waals surface area (Å²) in [7, 11) is 3.42. The summed E-state index contributed by atoms with van der Waals surface area (Å²) in [6, 6.07) is -0.589. The standard InChI is InChI=1S/C11H17F3N4OS/c1-6(2)18(5-11(12,13)14)9(19)7-8(15)16-10(20-7)17(3)4/h6H,5,15H2,1-4H3. The van der Waals surface area contributed by atoms with Gasteiger partial charge in [0.1, 0.15) is 17.2 Å². The molecule has 0 spiro atoms. The lowest BCUT2D eigenvalue weighted by Gasteiger charge is -2.27. The van der Waals surface area contributed by atoms with Crippen molar-refractivity contribution in [2.24, 2.45) is 0 Å². The lowest BCUT2D eigenvalue weighted by molar-refractivity contribution is -0.143. The van der Waals surface area contributed by atoms with Crippen molar-refractivity contribution in [3.8, 4) is 0 Å². The first kappa shape index (κ1) is 16.5. The lowest BCUT2D eigenvalue weighted by Crippen LogP contribution is -2.43. The van der Waals surface area contributed by atoms with Crippen LogP contribution in [0.2, 0.25) is 0 Å². The van der Waals surface area contributed by atoms with E-state index in [0.717, 1.165) is 16.2 Å². The molecule has 114 valence electrons. The van der Waals surface area contributed by atoms with Gasteiger partial charge in [-0.3, -0.25) is 4.79 Å². The van der Waals surface area contributed by atoms with Crippen LogP contribution >= 0.6 is 11.3 Å². The van der Waals surface area contributed by atoms with Crippen molar-refractivity contribution >= 4 is 28.2 Å². The van der Waals surface area contributed by atoms with Crippen LogP contribution in [-0.2, 0) is 0 Å². The minimum Gasteiger partial charge on any atom is -0.382 e. The smallest absolute Gasteiger partial charge is 0.382 e. The summed E-state index contributed by atoms with van der Waals surface area (Å²) in [5, 5.41) is 0.474. The molecule has 0 radical (unpaired) electrons. The molecule has 0 unspecified atom stereocenters. The third kappa shape index (κ3) is 3.99. The van der Waals surface area contributed by atoms with Crippen LogP contribution in [0, 0.1) is 0 Å². The highest BCUT2D eigenvalue weighted by Crippen LogP contribution is 2.29. The maximum atomic E-state index is 12.5. The number of aromatic nitrogens is 1. The van der Waals surface area contributed by atoms with E-state index in [1.54, 1.807) is 19.0 Å². The molecule has 2 N–H and O–H groups in total. The molecule has 0 aliphatic rings. The summed E-state index contributed by atoms with van der Waals surface area (Å²) in [5.74, 6) is -0.794. The maximum absolute atomic E-state index is 12.5. The Morgan fingerprint density at radius 3 is 2.30 bits per heavy atom. The molecule has 9 heteroatoms. The Morgan fingerprint density at radius 1 is 1.40 bits per heavy atom. The number of halogens is 3. The molecular weight excluding hydrogens is 293 g/mol. The first-order chi connectivity index (χ1) is 9.03. The number of carbonyl (C=O) groups is 1. The van der Waals surface area contributed by atoms with E-state index in [2.05, 4.69) is 4.98 Å². The molecule has 0 saturated heterocycles. The second-order valence-electron chi connectivity index (χ2n) is 4.75. The van der Waals surface area contributed by atoms with E-state index < -0.39 is 24.7 Å². The largest absolute Gasteiger partial charge is 0.406 e. The SMILES string of the molecule is CC(C)N(CC(F)(F)F)C(=O)c1sc(N(C)C)nc1N. The molecule has 0 saturated carbocycles. The first-order valence-electron chi connectivity index (χ1n) is 5.84. The number of nitrogen functional groups attached to an aromatic ring is 1. The van der Waals surface area contributed by atoms with Gasteiger partial charge >= 0.3 is 6.18 Å². The zero-order chi connectivity index (χ0) is 15.7.